The molecule has 16 heavy (non-hydrogen) atoms. The zero-order valence-corrected chi connectivity index (χ0v) is 9.39. The van der Waals surface area contributed by atoms with Crippen molar-refractivity contribution in [1.29, 1.82) is 5.26 Å². The fourth-order valence-corrected chi connectivity index (χ4v) is 2.00. The van der Waals surface area contributed by atoms with Gasteiger partial charge in [-0.3, -0.25) is 0 Å². The summed E-state index contributed by atoms with van der Waals surface area (Å²) in [5.41, 5.74) is 0.861. The summed E-state index contributed by atoms with van der Waals surface area (Å²) in [6.07, 6.45) is 3.53. The fraction of sp³-hybridized carbons (Fsp3) is 0.462. The molecule has 0 saturated heterocycles. The van der Waals surface area contributed by atoms with Gasteiger partial charge in [0.1, 0.15) is 11.9 Å². The molecule has 1 aliphatic rings. The Morgan fingerprint density at radius 1 is 1.50 bits per heavy atom. The van der Waals surface area contributed by atoms with Gasteiger partial charge in [-0.1, -0.05) is 12.1 Å². The van der Waals surface area contributed by atoms with E-state index in [9.17, 15) is 4.39 Å². The van der Waals surface area contributed by atoms with Crippen molar-refractivity contribution in [1.82, 2.24) is 5.32 Å². The molecule has 0 radical (unpaired) electrons. The Kier molecular flexibility index (Phi) is 2.93. The van der Waals surface area contributed by atoms with Crippen LogP contribution in [-0.4, -0.2) is 5.54 Å². The maximum absolute atomic E-state index is 13.7. The molecule has 0 spiro atoms. The third kappa shape index (κ3) is 2.07. The van der Waals surface area contributed by atoms with E-state index in [0.29, 0.717) is 12.1 Å². The summed E-state index contributed by atoms with van der Waals surface area (Å²) in [6, 6.07) is 6.81. The average Bonchev–Trinajstić information content (AvgIpc) is 2.25. The van der Waals surface area contributed by atoms with Gasteiger partial charge >= 0.3 is 0 Å². The lowest BCUT2D eigenvalue weighted by molar-refractivity contribution is 0.206. The molecular weight excluding hydrogens is 203 g/mol. The molecule has 0 aromatic heterocycles. The first kappa shape index (κ1) is 11.1. The Morgan fingerprint density at radius 3 is 2.81 bits per heavy atom. The van der Waals surface area contributed by atoms with Gasteiger partial charge < -0.3 is 5.32 Å². The van der Waals surface area contributed by atoms with Crippen LogP contribution in [0.1, 0.15) is 37.3 Å². The monoisotopic (exact) mass is 218 g/mol. The summed E-state index contributed by atoms with van der Waals surface area (Å²) in [5.74, 6) is -0.388. The molecule has 2 nitrogen and oxygen atoms in total. The van der Waals surface area contributed by atoms with Crippen LogP contribution in [0.15, 0.2) is 18.2 Å². The van der Waals surface area contributed by atoms with E-state index < -0.39 is 0 Å². The normalized spacial score (nSPS) is 17.6. The average molecular weight is 218 g/mol. The van der Waals surface area contributed by atoms with Gasteiger partial charge in [-0.15, -0.1) is 0 Å². The van der Waals surface area contributed by atoms with Gasteiger partial charge in [0, 0.05) is 17.6 Å². The summed E-state index contributed by atoms with van der Waals surface area (Å²) in [5, 5.41) is 12.1. The molecule has 84 valence electrons. The van der Waals surface area contributed by atoms with Gasteiger partial charge in [-0.25, -0.2) is 4.39 Å². The molecule has 1 aromatic rings. The van der Waals surface area contributed by atoms with Crippen LogP contribution in [0.3, 0.4) is 0 Å². The van der Waals surface area contributed by atoms with Gasteiger partial charge in [-0.05, 0) is 32.3 Å². The Balaban J connectivity index is 2.07. The van der Waals surface area contributed by atoms with Crippen molar-refractivity contribution >= 4 is 0 Å². The topological polar surface area (TPSA) is 35.8 Å². The fourth-order valence-electron chi connectivity index (χ4n) is 2.00. The number of benzene rings is 1. The number of rotatable bonds is 3. The molecule has 0 unspecified atom stereocenters. The quantitative estimate of drug-likeness (QED) is 0.846. The van der Waals surface area contributed by atoms with Crippen molar-refractivity contribution in [3.05, 3.63) is 35.1 Å². The number of nitrogens with one attached hydrogen (secondary N) is 1. The van der Waals surface area contributed by atoms with Crippen LogP contribution in [0.5, 0.6) is 0 Å². The number of hydrogen-bond donors (Lipinski definition) is 1. The van der Waals surface area contributed by atoms with Gasteiger partial charge in [0.05, 0.1) is 5.56 Å². The number of nitrogens with zero attached hydrogens (tertiary/aromatic N) is 1. The first-order chi connectivity index (χ1) is 7.64. The van der Waals surface area contributed by atoms with Crippen molar-refractivity contribution in [3.63, 3.8) is 0 Å². The maximum atomic E-state index is 13.7. The largest absolute Gasteiger partial charge is 0.307 e. The highest BCUT2D eigenvalue weighted by molar-refractivity contribution is 5.34. The van der Waals surface area contributed by atoms with Gasteiger partial charge in [-0.2, -0.15) is 5.26 Å². The molecule has 1 saturated carbocycles. The zero-order chi connectivity index (χ0) is 11.6. The van der Waals surface area contributed by atoms with Crippen LogP contribution in [-0.2, 0) is 6.54 Å². The van der Waals surface area contributed by atoms with Crippen molar-refractivity contribution in [2.45, 2.75) is 38.3 Å². The second-order valence-electron chi connectivity index (χ2n) is 4.66. The Morgan fingerprint density at radius 2 is 2.25 bits per heavy atom. The lowest BCUT2D eigenvalue weighted by atomic mass is 9.78. The highest BCUT2D eigenvalue weighted by Gasteiger charge is 2.30. The van der Waals surface area contributed by atoms with Crippen LogP contribution >= 0.6 is 0 Å². The molecule has 0 aliphatic heterocycles. The number of halogens is 1. The minimum atomic E-state index is -0.388. The summed E-state index contributed by atoms with van der Waals surface area (Å²) in [7, 11) is 0. The summed E-state index contributed by atoms with van der Waals surface area (Å²) >= 11 is 0. The van der Waals surface area contributed by atoms with E-state index in [1.54, 1.807) is 12.1 Å². The standard InChI is InChI=1S/C13H15FN2/c1-13(6-3-7-13)16-9-11-5-2-4-10(8-15)12(11)14/h2,4-5,16H,3,6-7,9H2,1H3. The maximum Gasteiger partial charge on any atom is 0.145 e. The van der Waals surface area contributed by atoms with E-state index in [4.69, 9.17) is 5.26 Å². The molecule has 1 aliphatic carbocycles. The Labute approximate surface area is 95.1 Å². The second-order valence-corrected chi connectivity index (χ2v) is 4.66. The van der Waals surface area contributed by atoms with Gasteiger partial charge in [0.2, 0.25) is 0 Å². The molecular formula is C13H15FN2. The van der Waals surface area contributed by atoms with Crippen molar-refractivity contribution in [2.75, 3.05) is 0 Å². The molecule has 0 atom stereocenters. The summed E-state index contributed by atoms with van der Waals surface area (Å²) in [4.78, 5) is 0. The van der Waals surface area contributed by atoms with Crippen molar-refractivity contribution in [2.24, 2.45) is 0 Å². The molecule has 1 fully saturated rings. The highest BCUT2D eigenvalue weighted by atomic mass is 19.1. The molecule has 1 N–H and O–H groups in total. The smallest absolute Gasteiger partial charge is 0.145 e. The minimum Gasteiger partial charge on any atom is -0.307 e. The van der Waals surface area contributed by atoms with E-state index in [-0.39, 0.29) is 16.9 Å². The molecule has 3 heteroatoms. The SMILES string of the molecule is CC1(NCc2cccc(C#N)c2F)CCC1. The third-order valence-electron chi connectivity index (χ3n) is 3.36. The van der Waals surface area contributed by atoms with Crippen molar-refractivity contribution < 1.29 is 4.39 Å². The summed E-state index contributed by atoms with van der Waals surface area (Å²) in [6.45, 7) is 2.65. The number of hydrogen-bond acceptors (Lipinski definition) is 2. The molecule has 1 aromatic carbocycles. The van der Waals surface area contributed by atoms with Crippen LogP contribution in [0.25, 0.3) is 0 Å². The molecule has 2 rings (SSSR count). The lowest BCUT2D eigenvalue weighted by Crippen LogP contribution is -2.47. The predicted octanol–water partition coefficient (Wildman–Crippen LogP) is 2.73. The third-order valence-corrected chi connectivity index (χ3v) is 3.36. The Bertz CT molecular complexity index is 430. The van der Waals surface area contributed by atoms with E-state index in [1.807, 2.05) is 6.07 Å². The predicted molar refractivity (Wildman–Crippen MR) is 60.2 cm³/mol. The van der Waals surface area contributed by atoms with Crippen molar-refractivity contribution in [3.8, 4) is 6.07 Å². The van der Waals surface area contributed by atoms with Crippen LogP contribution < -0.4 is 5.32 Å². The molecule has 0 amide bonds. The van der Waals surface area contributed by atoms with Gasteiger partial charge in [0.25, 0.3) is 0 Å². The first-order valence-electron chi connectivity index (χ1n) is 5.57. The van der Waals surface area contributed by atoms with E-state index in [0.717, 1.165) is 12.8 Å². The van der Waals surface area contributed by atoms with E-state index >= 15 is 0 Å². The van der Waals surface area contributed by atoms with E-state index in [1.165, 1.54) is 12.5 Å². The lowest BCUT2D eigenvalue weighted by Gasteiger charge is -2.39. The van der Waals surface area contributed by atoms with E-state index in [2.05, 4.69) is 12.2 Å². The second kappa shape index (κ2) is 4.23. The van der Waals surface area contributed by atoms with Crippen LogP contribution in [0.2, 0.25) is 0 Å². The minimum absolute atomic E-state index is 0.123. The molecule has 0 bridgehead atoms. The highest BCUT2D eigenvalue weighted by Crippen LogP contribution is 2.31. The van der Waals surface area contributed by atoms with Crippen LogP contribution in [0.4, 0.5) is 4.39 Å². The van der Waals surface area contributed by atoms with Gasteiger partial charge in [0.15, 0.2) is 0 Å². The zero-order valence-electron chi connectivity index (χ0n) is 9.39. The van der Waals surface area contributed by atoms with Crippen LogP contribution in [0, 0.1) is 17.1 Å². The first-order valence-corrected chi connectivity index (χ1v) is 5.57. The Hall–Kier alpha value is -1.40. The summed E-state index contributed by atoms with van der Waals surface area (Å²) < 4.78 is 13.7. The number of nitriles is 1. The molecule has 0 heterocycles.